The molecular formula is C8H8Cl2O4. The van der Waals surface area contributed by atoms with Gasteiger partial charge in [-0.25, -0.2) is 0 Å². The predicted octanol–water partition coefficient (Wildman–Crippen LogP) is 2.77. The molecule has 0 aromatic heterocycles. The molecule has 0 saturated carbocycles. The summed E-state index contributed by atoms with van der Waals surface area (Å²) in [7, 11) is 2.95. The van der Waals surface area contributed by atoms with Gasteiger partial charge < -0.3 is 18.1 Å². The molecule has 0 spiro atoms. The van der Waals surface area contributed by atoms with E-state index in [9.17, 15) is 0 Å². The minimum Gasteiger partial charge on any atom is -0.493 e. The zero-order valence-corrected chi connectivity index (χ0v) is 9.06. The van der Waals surface area contributed by atoms with Crippen LogP contribution in [0, 0.1) is 0 Å². The highest BCUT2D eigenvalue weighted by Crippen LogP contribution is 2.44. The molecule has 0 unspecified atom stereocenters. The second-order valence-electron chi connectivity index (χ2n) is 2.28. The fourth-order valence-electron chi connectivity index (χ4n) is 1.01. The summed E-state index contributed by atoms with van der Waals surface area (Å²) in [6.07, 6.45) is 0. The standard InChI is InChI=1S/C8H8Cl2O4/c1-11-5-3-4-6(13-9)8(14-10)7(5)12-2/h3-4H,1-2H3. The second kappa shape index (κ2) is 5.02. The van der Waals surface area contributed by atoms with Gasteiger partial charge in [-0.3, -0.25) is 0 Å². The Morgan fingerprint density at radius 3 is 1.93 bits per heavy atom. The monoisotopic (exact) mass is 238 g/mol. The summed E-state index contributed by atoms with van der Waals surface area (Å²) >= 11 is 10.4. The first-order valence-corrected chi connectivity index (χ1v) is 4.22. The lowest BCUT2D eigenvalue weighted by atomic mass is 10.2. The van der Waals surface area contributed by atoms with Crippen molar-refractivity contribution in [3.63, 3.8) is 0 Å². The molecule has 1 aromatic rings. The minimum atomic E-state index is 0.170. The highest BCUT2D eigenvalue weighted by atomic mass is 35.5. The lowest BCUT2D eigenvalue weighted by Crippen LogP contribution is -1.94. The third-order valence-electron chi connectivity index (χ3n) is 1.62. The lowest BCUT2D eigenvalue weighted by Gasteiger charge is -2.11. The molecular weight excluding hydrogens is 231 g/mol. The van der Waals surface area contributed by atoms with E-state index < -0.39 is 0 Å². The van der Waals surface area contributed by atoms with Crippen LogP contribution in [0.2, 0.25) is 0 Å². The molecule has 0 bridgehead atoms. The summed E-state index contributed by atoms with van der Waals surface area (Å²) in [5.41, 5.74) is 0. The van der Waals surface area contributed by atoms with Crippen molar-refractivity contribution in [2.45, 2.75) is 0 Å². The van der Waals surface area contributed by atoms with Gasteiger partial charge in [0.15, 0.2) is 11.5 Å². The van der Waals surface area contributed by atoms with Crippen LogP contribution in [-0.2, 0) is 0 Å². The molecule has 0 heterocycles. The fraction of sp³-hybridized carbons (Fsp3) is 0.250. The quantitative estimate of drug-likeness (QED) is 0.809. The van der Waals surface area contributed by atoms with Gasteiger partial charge in [-0.05, 0) is 12.1 Å². The molecule has 4 nitrogen and oxygen atoms in total. The second-order valence-corrected chi connectivity index (χ2v) is 2.59. The Morgan fingerprint density at radius 2 is 1.50 bits per heavy atom. The highest BCUT2D eigenvalue weighted by molar-refractivity contribution is 6.11. The summed E-state index contributed by atoms with van der Waals surface area (Å²) in [5, 5.41) is 0. The van der Waals surface area contributed by atoms with Crippen LogP contribution < -0.4 is 18.1 Å². The van der Waals surface area contributed by atoms with E-state index in [0.29, 0.717) is 11.5 Å². The van der Waals surface area contributed by atoms with Gasteiger partial charge in [0.1, 0.15) is 23.7 Å². The molecule has 78 valence electrons. The molecule has 0 saturated heterocycles. The lowest BCUT2D eigenvalue weighted by molar-refractivity contribution is 0.342. The number of rotatable bonds is 4. The van der Waals surface area contributed by atoms with Gasteiger partial charge in [0.05, 0.1) is 14.2 Å². The van der Waals surface area contributed by atoms with Crippen LogP contribution in [0.25, 0.3) is 0 Å². The van der Waals surface area contributed by atoms with E-state index in [4.69, 9.17) is 33.2 Å². The Bertz CT molecular complexity index is 285. The van der Waals surface area contributed by atoms with Gasteiger partial charge in [0.2, 0.25) is 11.5 Å². The van der Waals surface area contributed by atoms with Crippen LogP contribution in [0.15, 0.2) is 12.1 Å². The highest BCUT2D eigenvalue weighted by Gasteiger charge is 2.17. The van der Waals surface area contributed by atoms with Gasteiger partial charge in [0, 0.05) is 0 Å². The number of methoxy groups -OCH3 is 2. The molecule has 1 rings (SSSR count). The molecule has 0 radical (unpaired) electrons. The Hall–Kier alpha value is -1.00. The first-order valence-electron chi connectivity index (χ1n) is 3.60. The zero-order chi connectivity index (χ0) is 10.6. The SMILES string of the molecule is COc1ccc(OCl)c(OCl)c1OC. The Kier molecular flexibility index (Phi) is 3.98. The number of hydrogen-bond acceptors (Lipinski definition) is 4. The molecule has 0 N–H and O–H groups in total. The van der Waals surface area contributed by atoms with Gasteiger partial charge in [0.25, 0.3) is 0 Å². The van der Waals surface area contributed by atoms with Crippen LogP contribution in [0.1, 0.15) is 0 Å². The van der Waals surface area contributed by atoms with Gasteiger partial charge >= 0.3 is 0 Å². The normalized spacial score (nSPS) is 9.43. The maximum absolute atomic E-state index is 5.25. The van der Waals surface area contributed by atoms with E-state index in [0.717, 1.165) is 0 Å². The Morgan fingerprint density at radius 1 is 0.857 bits per heavy atom. The van der Waals surface area contributed by atoms with Crippen LogP contribution >= 0.6 is 23.7 Å². The van der Waals surface area contributed by atoms with Gasteiger partial charge in [-0.15, -0.1) is 0 Å². The average Bonchev–Trinajstić information content (AvgIpc) is 2.26. The van der Waals surface area contributed by atoms with Crippen LogP contribution in [-0.4, -0.2) is 14.2 Å². The Labute approximate surface area is 91.6 Å². The summed E-state index contributed by atoms with van der Waals surface area (Å²) < 4.78 is 19.1. The van der Waals surface area contributed by atoms with E-state index in [1.165, 1.54) is 14.2 Å². The van der Waals surface area contributed by atoms with E-state index in [-0.39, 0.29) is 11.5 Å². The topological polar surface area (TPSA) is 36.9 Å². The molecule has 0 amide bonds. The van der Waals surface area contributed by atoms with Crippen molar-refractivity contribution in [1.29, 1.82) is 0 Å². The van der Waals surface area contributed by atoms with Crippen molar-refractivity contribution < 1.29 is 18.1 Å². The van der Waals surface area contributed by atoms with E-state index in [1.54, 1.807) is 12.1 Å². The molecule has 6 heteroatoms. The Balaban J connectivity index is 3.28. The summed E-state index contributed by atoms with van der Waals surface area (Å²) in [6, 6.07) is 3.17. The molecule has 0 aliphatic rings. The first kappa shape index (κ1) is 11.1. The largest absolute Gasteiger partial charge is 0.493 e. The maximum Gasteiger partial charge on any atom is 0.236 e. The number of ether oxygens (including phenoxy) is 2. The smallest absolute Gasteiger partial charge is 0.236 e. The summed E-state index contributed by atoms with van der Waals surface area (Å²) in [5.74, 6) is 1.21. The van der Waals surface area contributed by atoms with Crippen molar-refractivity contribution in [3.8, 4) is 23.0 Å². The van der Waals surface area contributed by atoms with Crippen molar-refractivity contribution in [2.75, 3.05) is 14.2 Å². The molecule has 0 aliphatic carbocycles. The third-order valence-corrected chi connectivity index (χ3v) is 1.94. The van der Waals surface area contributed by atoms with Crippen LogP contribution in [0.4, 0.5) is 0 Å². The first-order chi connectivity index (χ1) is 6.78. The zero-order valence-electron chi connectivity index (χ0n) is 7.54. The number of benzene rings is 1. The minimum absolute atomic E-state index is 0.170. The molecule has 14 heavy (non-hydrogen) atoms. The van der Waals surface area contributed by atoms with Crippen LogP contribution in [0.3, 0.4) is 0 Å². The maximum atomic E-state index is 5.25. The van der Waals surface area contributed by atoms with E-state index >= 15 is 0 Å². The van der Waals surface area contributed by atoms with E-state index in [2.05, 4.69) is 8.58 Å². The summed E-state index contributed by atoms with van der Waals surface area (Å²) in [6.45, 7) is 0. The van der Waals surface area contributed by atoms with Crippen molar-refractivity contribution in [3.05, 3.63) is 12.1 Å². The van der Waals surface area contributed by atoms with E-state index in [1.807, 2.05) is 0 Å². The van der Waals surface area contributed by atoms with Gasteiger partial charge in [-0.2, -0.15) is 0 Å². The van der Waals surface area contributed by atoms with Crippen molar-refractivity contribution >= 4 is 23.7 Å². The molecule has 0 fully saturated rings. The molecule has 1 aromatic carbocycles. The fourth-order valence-corrected chi connectivity index (χ4v) is 1.28. The number of hydrogen-bond donors (Lipinski definition) is 0. The predicted molar refractivity (Wildman–Crippen MR) is 52.5 cm³/mol. The third kappa shape index (κ3) is 1.91. The van der Waals surface area contributed by atoms with Crippen molar-refractivity contribution in [1.82, 2.24) is 0 Å². The van der Waals surface area contributed by atoms with Crippen molar-refractivity contribution in [2.24, 2.45) is 0 Å². The summed E-state index contributed by atoms with van der Waals surface area (Å²) in [4.78, 5) is 0. The molecule has 0 aliphatic heterocycles. The average molecular weight is 239 g/mol. The van der Waals surface area contributed by atoms with Crippen LogP contribution in [0.5, 0.6) is 23.0 Å². The van der Waals surface area contributed by atoms with Gasteiger partial charge in [-0.1, -0.05) is 0 Å². The molecule has 0 atom stereocenters. The number of halogens is 2.